The lowest BCUT2D eigenvalue weighted by Gasteiger charge is -2.12. The zero-order valence-electron chi connectivity index (χ0n) is 9.24. The van der Waals surface area contributed by atoms with Crippen LogP contribution in [0.4, 0.5) is 5.69 Å². The molecule has 0 radical (unpaired) electrons. The summed E-state index contributed by atoms with van der Waals surface area (Å²) < 4.78 is 0. The van der Waals surface area contributed by atoms with Crippen LogP contribution in [0.3, 0.4) is 0 Å². The fourth-order valence-corrected chi connectivity index (χ4v) is 1.17. The summed E-state index contributed by atoms with van der Waals surface area (Å²) in [5, 5.41) is 5.75. The molecule has 0 aromatic carbocycles. The Morgan fingerprint density at radius 1 is 1.60 bits per heavy atom. The molecule has 0 aliphatic carbocycles. The summed E-state index contributed by atoms with van der Waals surface area (Å²) in [5.74, 6) is -0.100. The summed E-state index contributed by atoms with van der Waals surface area (Å²) in [6.45, 7) is 4.35. The lowest BCUT2D eigenvalue weighted by atomic mass is 10.1. The van der Waals surface area contributed by atoms with Crippen molar-refractivity contribution in [2.45, 2.75) is 13.8 Å². The molecule has 1 atom stereocenters. The van der Waals surface area contributed by atoms with Gasteiger partial charge in [0.2, 0.25) is 5.91 Å². The number of nitrogens with zero attached hydrogens (tertiary/aromatic N) is 2. The van der Waals surface area contributed by atoms with Gasteiger partial charge >= 0.3 is 0 Å². The van der Waals surface area contributed by atoms with Gasteiger partial charge < -0.3 is 10.6 Å². The molecule has 0 saturated heterocycles. The average molecular weight is 208 g/mol. The average Bonchev–Trinajstić information content (AvgIpc) is 2.21. The van der Waals surface area contributed by atoms with Crippen molar-refractivity contribution in [1.82, 2.24) is 15.3 Å². The molecule has 1 unspecified atom stereocenters. The lowest BCUT2D eigenvalue weighted by molar-refractivity contribution is -0.119. The van der Waals surface area contributed by atoms with Gasteiger partial charge in [-0.05, 0) is 14.0 Å². The van der Waals surface area contributed by atoms with Gasteiger partial charge in [-0.25, -0.2) is 9.97 Å². The Kier molecular flexibility index (Phi) is 4.17. The van der Waals surface area contributed by atoms with E-state index in [0.717, 1.165) is 5.69 Å². The quantitative estimate of drug-likeness (QED) is 0.759. The van der Waals surface area contributed by atoms with E-state index in [4.69, 9.17) is 0 Å². The zero-order chi connectivity index (χ0) is 11.3. The third-order valence-electron chi connectivity index (χ3n) is 2.13. The number of rotatable bonds is 4. The largest absolute Gasteiger partial charge is 0.323 e. The maximum absolute atomic E-state index is 11.6. The predicted octanol–water partition coefficient (Wildman–Crippen LogP) is 0.579. The van der Waals surface area contributed by atoms with E-state index in [1.54, 1.807) is 6.20 Å². The number of hydrogen-bond donors (Lipinski definition) is 2. The van der Waals surface area contributed by atoms with Crippen molar-refractivity contribution in [2.75, 3.05) is 18.9 Å². The van der Waals surface area contributed by atoms with Gasteiger partial charge in [-0.3, -0.25) is 4.79 Å². The highest BCUT2D eigenvalue weighted by Gasteiger charge is 2.12. The predicted molar refractivity (Wildman–Crippen MR) is 58.5 cm³/mol. The van der Waals surface area contributed by atoms with Crippen LogP contribution in [0.2, 0.25) is 0 Å². The molecule has 1 amide bonds. The van der Waals surface area contributed by atoms with Crippen molar-refractivity contribution in [3.8, 4) is 0 Å². The summed E-state index contributed by atoms with van der Waals surface area (Å²) in [7, 11) is 1.82. The molecule has 2 N–H and O–H groups in total. The highest BCUT2D eigenvalue weighted by atomic mass is 16.1. The van der Waals surface area contributed by atoms with Gasteiger partial charge in [0.15, 0.2) is 0 Å². The van der Waals surface area contributed by atoms with Crippen LogP contribution in [0.1, 0.15) is 12.6 Å². The maximum atomic E-state index is 11.6. The third-order valence-corrected chi connectivity index (χ3v) is 2.13. The molecule has 1 heterocycles. The second-order valence-electron chi connectivity index (χ2n) is 3.47. The molecular weight excluding hydrogens is 192 g/mol. The van der Waals surface area contributed by atoms with Crippen molar-refractivity contribution in [1.29, 1.82) is 0 Å². The summed E-state index contributed by atoms with van der Waals surface area (Å²) >= 11 is 0. The number of aryl methyl sites for hydroxylation is 1. The number of nitrogens with one attached hydrogen (secondary N) is 2. The van der Waals surface area contributed by atoms with Gasteiger partial charge in [0.05, 0.1) is 17.6 Å². The van der Waals surface area contributed by atoms with Gasteiger partial charge in [-0.2, -0.15) is 0 Å². The summed E-state index contributed by atoms with van der Waals surface area (Å²) in [6, 6.07) is 0. The first kappa shape index (κ1) is 11.6. The highest BCUT2D eigenvalue weighted by Crippen LogP contribution is 2.09. The Hall–Kier alpha value is -1.49. The van der Waals surface area contributed by atoms with E-state index >= 15 is 0 Å². The van der Waals surface area contributed by atoms with Gasteiger partial charge in [0, 0.05) is 12.5 Å². The van der Waals surface area contributed by atoms with E-state index in [9.17, 15) is 4.79 Å². The van der Waals surface area contributed by atoms with E-state index in [1.165, 1.54) is 6.33 Å². The molecule has 0 spiro atoms. The Balaban J connectivity index is 2.62. The lowest BCUT2D eigenvalue weighted by Crippen LogP contribution is -2.28. The van der Waals surface area contributed by atoms with Crippen molar-refractivity contribution in [3.05, 3.63) is 18.2 Å². The van der Waals surface area contributed by atoms with Crippen LogP contribution in [0.25, 0.3) is 0 Å². The number of carbonyl (C=O) groups excluding carboxylic acids is 1. The first-order valence-electron chi connectivity index (χ1n) is 4.87. The van der Waals surface area contributed by atoms with Gasteiger partial charge in [0.1, 0.15) is 6.33 Å². The summed E-state index contributed by atoms with van der Waals surface area (Å²) in [4.78, 5) is 19.5. The van der Waals surface area contributed by atoms with Crippen LogP contribution in [0.15, 0.2) is 12.5 Å². The van der Waals surface area contributed by atoms with E-state index in [1.807, 2.05) is 20.9 Å². The standard InChI is InChI=1S/C10H16N4O/c1-7(4-11-3)10(15)14-9-5-12-6-13-8(9)2/h5-7,11H,4H2,1-3H3,(H,14,15). The fraction of sp³-hybridized carbons (Fsp3) is 0.500. The topological polar surface area (TPSA) is 66.9 Å². The maximum Gasteiger partial charge on any atom is 0.228 e. The molecule has 0 saturated carbocycles. The minimum Gasteiger partial charge on any atom is -0.323 e. The highest BCUT2D eigenvalue weighted by molar-refractivity contribution is 5.92. The van der Waals surface area contributed by atoms with Gasteiger partial charge in [-0.1, -0.05) is 6.92 Å². The monoisotopic (exact) mass is 208 g/mol. The number of anilines is 1. The molecule has 0 bridgehead atoms. The van der Waals surface area contributed by atoms with E-state index in [-0.39, 0.29) is 11.8 Å². The molecule has 0 aliphatic rings. The molecule has 1 rings (SSSR count). The van der Waals surface area contributed by atoms with Crippen molar-refractivity contribution in [2.24, 2.45) is 5.92 Å². The van der Waals surface area contributed by atoms with Crippen LogP contribution >= 0.6 is 0 Å². The minimum absolute atomic E-state index is 0.0257. The summed E-state index contributed by atoms with van der Waals surface area (Å²) in [6.07, 6.45) is 3.06. The Morgan fingerprint density at radius 2 is 2.33 bits per heavy atom. The fourth-order valence-electron chi connectivity index (χ4n) is 1.17. The molecule has 15 heavy (non-hydrogen) atoms. The molecule has 82 valence electrons. The summed E-state index contributed by atoms with van der Waals surface area (Å²) in [5.41, 5.74) is 1.44. The van der Waals surface area contributed by atoms with Crippen molar-refractivity contribution in [3.63, 3.8) is 0 Å². The van der Waals surface area contributed by atoms with Gasteiger partial charge in [0.25, 0.3) is 0 Å². The van der Waals surface area contributed by atoms with Crippen molar-refractivity contribution < 1.29 is 4.79 Å². The second-order valence-corrected chi connectivity index (χ2v) is 3.47. The van der Waals surface area contributed by atoms with Crippen molar-refractivity contribution >= 4 is 11.6 Å². The molecule has 0 fully saturated rings. The molecule has 5 nitrogen and oxygen atoms in total. The first-order valence-corrected chi connectivity index (χ1v) is 4.87. The van der Waals surface area contributed by atoms with Crippen LogP contribution < -0.4 is 10.6 Å². The molecule has 1 aromatic heterocycles. The number of aromatic nitrogens is 2. The van der Waals surface area contributed by atoms with Crippen LogP contribution in [0, 0.1) is 12.8 Å². The van der Waals surface area contributed by atoms with Crippen LogP contribution in [-0.2, 0) is 4.79 Å². The first-order chi connectivity index (χ1) is 7.15. The van der Waals surface area contributed by atoms with Crippen LogP contribution in [-0.4, -0.2) is 29.5 Å². The molecular formula is C10H16N4O. The number of amides is 1. The number of hydrogen-bond acceptors (Lipinski definition) is 4. The molecule has 1 aromatic rings. The van der Waals surface area contributed by atoms with E-state index in [0.29, 0.717) is 12.2 Å². The third kappa shape index (κ3) is 3.28. The second kappa shape index (κ2) is 5.41. The van der Waals surface area contributed by atoms with Crippen LogP contribution in [0.5, 0.6) is 0 Å². The Bertz CT molecular complexity index is 340. The Morgan fingerprint density at radius 3 is 2.93 bits per heavy atom. The zero-order valence-corrected chi connectivity index (χ0v) is 9.24. The smallest absolute Gasteiger partial charge is 0.228 e. The van der Waals surface area contributed by atoms with E-state index in [2.05, 4.69) is 20.6 Å². The molecule has 5 heteroatoms. The van der Waals surface area contributed by atoms with E-state index < -0.39 is 0 Å². The normalized spacial score (nSPS) is 12.2. The Labute approximate surface area is 89.3 Å². The molecule has 0 aliphatic heterocycles. The SMILES string of the molecule is CNCC(C)C(=O)Nc1cncnc1C. The van der Waals surface area contributed by atoms with Gasteiger partial charge in [-0.15, -0.1) is 0 Å². The minimum atomic E-state index is -0.0744. The number of carbonyl (C=O) groups is 1.